The van der Waals surface area contributed by atoms with Gasteiger partial charge in [0.2, 0.25) is 70.9 Å². The number of nitrogens with zero attached hydrogens (tertiary/aromatic N) is 1. The van der Waals surface area contributed by atoms with Gasteiger partial charge in [-0.15, -0.1) is 0 Å². The van der Waals surface area contributed by atoms with Gasteiger partial charge in [-0.1, -0.05) is 70.2 Å². The average molecular weight is 1240 g/mol. The zero-order chi connectivity index (χ0) is 66.2. The molecular weight excluding hydrogens is 1160 g/mol. The highest BCUT2D eigenvalue weighted by Crippen LogP contribution is 2.14. The number of carbonyl (C=O) groups is 13. The Morgan fingerprint density at radius 3 is 1.33 bits per heavy atom. The number of aliphatic imine (C=N–C) groups is 1. The third kappa shape index (κ3) is 29.1. The molecule has 0 fully saturated rings. The molecule has 0 spiro atoms. The first-order valence-electron chi connectivity index (χ1n) is 28.0. The van der Waals surface area contributed by atoms with Gasteiger partial charge in [-0.2, -0.15) is 0 Å². The van der Waals surface area contributed by atoms with E-state index in [0.29, 0.717) is 11.1 Å². The van der Waals surface area contributed by atoms with Crippen molar-refractivity contribution in [2.24, 2.45) is 39.8 Å². The van der Waals surface area contributed by atoms with Crippen LogP contribution in [0.5, 0.6) is 5.75 Å². The highest BCUT2D eigenvalue weighted by molar-refractivity contribution is 5.99. The number of carboxylic acid groups (broad SMARTS) is 1. The Morgan fingerprint density at radius 1 is 0.466 bits per heavy atom. The number of nitrogens with one attached hydrogen (secondary N) is 11. The van der Waals surface area contributed by atoms with Gasteiger partial charge in [0.1, 0.15) is 54.1 Å². The lowest BCUT2D eigenvalue weighted by Gasteiger charge is -2.27. The molecule has 0 aliphatic rings. The summed E-state index contributed by atoms with van der Waals surface area (Å²) in [6.45, 7) is 4.02. The number of aliphatic carboxylic acids is 1. The van der Waals surface area contributed by atoms with Crippen molar-refractivity contribution in [2.75, 3.05) is 39.4 Å². The smallest absolute Gasteiger partial charge is 0.305 e. The predicted octanol–water partition coefficient (Wildman–Crippen LogP) is -7.16. The molecular formula is C55H84N16O17. The highest BCUT2D eigenvalue weighted by Gasteiger charge is 2.35. The zero-order valence-corrected chi connectivity index (χ0v) is 49.6. The zero-order valence-electron chi connectivity index (χ0n) is 49.6. The Kier molecular flexibility index (Phi) is 32.7. The van der Waals surface area contributed by atoms with Crippen LogP contribution in [0.15, 0.2) is 59.6 Å². The average Bonchev–Trinajstić information content (AvgIpc) is 3.67. The molecule has 486 valence electrons. The Hall–Kier alpha value is -9.50. The van der Waals surface area contributed by atoms with E-state index in [-0.39, 0.29) is 68.6 Å². The van der Waals surface area contributed by atoms with E-state index in [2.05, 4.69) is 63.5 Å². The van der Waals surface area contributed by atoms with Crippen LogP contribution < -0.4 is 81.4 Å². The summed E-state index contributed by atoms with van der Waals surface area (Å²) < 4.78 is 0. The number of rotatable bonds is 39. The van der Waals surface area contributed by atoms with Crippen LogP contribution in [-0.4, -0.2) is 197 Å². The van der Waals surface area contributed by atoms with Gasteiger partial charge >= 0.3 is 5.97 Å². The third-order valence-electron chi connectivity index (χ3n) is 12.6. The molecule has 2 rings (SSSR count). The second-order valence-corrected chi connectivity index (χ2v) is 21.2. The van der Waals surface area contributed by atoms with Crippen molar-refractivity contribution in [1.29, 1.82) is 0 Å². The topological polar surface area (TPSA) is 552 Å². The molecule has 2 aromatic carbocycles. The van der Waals surface area contributed by atoms with Gasteiger partial charge < -0.3 is 102 Å². The molecule has 88 heavy (non-hydrogen) atoms. The number of benzene rings is 2. The minimum Gasteiger partial charge on any atom is -0.508 e. The minimum atomic E-state index is -1.90. The van der Waals surface area contributed by atoms with Crippen LogP contribution in [0, 0.1) is 11.8 Å². The summed E-state index contributed by atoms with van der Waals surface area (Å²) >= 11 is 0. The van der Waals surface area contributed by atoms with E-state index >= 15 is 0 Å². The first kappa shape index (κ1) is 74.6. The Morgan fingerprint density at radius 2 is 0.852 bits per heavy atom. The fourth-order valence-electron chi connectivity index (χ4n) is 8.11. The molecule has 0 saturated carbocycles. The van der Waals surface area contributed by atoms with E-state index in [1.165, 1.54) is 31.2 Å². The summed E-state index contributed by atoms with van der Waals surface area (Å²) in [7, 11) is 0. The molecule has 0 heterocycles. The summed E-state index contributed by atoms with van der Waals surface area (Å²) in [5.41, 5.74) is 22.7. The molecule has 0 aliphatic carbocycles. The van der Waals surface area contributed by atoms with Gasteiger partial charge in [0.05, 0.1) is 45.3 Å². The number of primary amides is 1. The minimum absolute atomic E-state index is 0.0198. The number of aliphatic hydroxyl groups excluding tert-OH is 2. The van der Waals surface area contributed by atoms with Crippen molar-refractivity contribution >= 4 is 82.8 Å². The number of carbonyl (C=O) groups excluding carboxylic acids is 12. The standard InChI is InChI=1S/C55H84N16O17/c1-28(2)18-35(46(57)80)65-43(76)25-62-48(82)37(20-31-10-7-6-8-11-31)68-54(88)41(27-73)71-52(86)38(21-32-13-15-33(74)16-14-32)69-51(85)36(19-29(3)4)67-50(84)34(12-9-17-60-55(58)59)64-42(75)24-63-49(83)39(22-45(78)79)70-53(87)40(26-72)66-44(77)23-61-47(81)30(5)56/h6-8,10-11,13-16,28-30,34-41,72-74H,9,12,17-27,56H2,1-5H3,(H2,57,80)(H,61,81)(H,62,82)(H,63,83)(H,64,75)(H,65,76)(H,66,77)(H,67,84)(H,68,88)(H,69,85)(H,70,87)(H,71,86)(H,78,79)(H4,58,59,60)/t30-,34-,35-,36-,37-,38-,39-,40-,41-/m0/s1. The number of carboxylic acids is 1. The normalized spacial score (nSPS) is 14.0. The lowest BCUT2D eigenvalue weighted by atomic mass is 10.00. The summed E-state index contributed by atoms with van der Waals surface area (Å²) in [6.07, 6.45) is -1.53. The van der Waals surface area contributed by atoms with E-state index in [9.17, 15) is 82.8 Å². The number of phenolic OH excluding ortho intramolecular Hbond substituents is 1. The molecule has 0 aromatic heterocycles. The lowest BCUT2D eigenvalue weighted by molar-refractivity contribution is -0.141. The Bertz CT molecular complexity index is 2750. The van der Waals surface area contributed by atoms with Crippen LogP contribution in [-0.2, 0) is 75.2 Å². The van der Waals surface area contributed by atoms with Gasteiger partial charge in [-0.05, 0) is 67.7 Å². The van der Waals surface area contributed by atoms with Gasteiger partial charge in [-0.3, -0.25) is 67.3 Å². The maximum atomic E-state index is 14.4. The fourth-order valence-corrected chi connectivity index (χ4v) is 8.11. The maximum absolute atomic E-state index is 14.4. The Labute approximate surface area is 507 Å². The second-order valence-electron chi connectivity index (χ2n) is 21.2. The van der Waals surface area contributed by atoms with E-state index in [1.807, 2.05) is 13.8 Å². The molecule has 0 bridgehead atoms. The largest absolute Gasteiger partial charge is 0.508 e. The number of hydrogen-bond donors (Lipinski definition) is 19. The van der Waals surface area contributed by atoms with Crippen molar-refractivity contribution in [3.63, 3.8) is 0 Å². The molecule has 12 amide bonds. The monoisotopic (exact) mass is 1240 g/mol. The quantitative estimate of drug-likeness (QED) is 0.0168. The van der Waals surface area contributed by atoms with Gasteiger partial charge in [0.25, 0.3) is 0 Å². The molecule has 0 aliphatic heterocycles. The molecule has 2 aromatic rings. The Balaban J connectivity index is 2.39. The summed E-state index contributed by atoms with van der Waals surface area (Å²) in [5, 5.41) is 65.7. The van der Waals surface area contributed by atoms with Crippen molar-refractivity contribution < 1.29 is 82.8 Å². The molecule has 0 unspecified atom stereocenters. The molecule has 0 radical (unpaired) electrons. The van der Waals surface area contributed by atoms with Crippen molar-refractivity contribution in [3.05, 3.63) is 65.7 Å². The van der Waals surface area contributed by atoms with Gasteiger partial charge in [0.15, 0.2) is 5.96 Å². The molecule has 23 N–H and O–H groups in total. The third-order valence-corrected chi connectivity index (χ3v) is 12.6. The SMILES string of the molecule is CC(C)C[C@H](NC(=O)CNC(=O)[C@H](Cc1ccccc1)NC(=O)[C@H](CO)NC(=O)[C@H](Cc1ccc(O)cc1)NC(=O)[C@H](CC(C)C)NC(=O)[C@H](CCCN=C(N)N)NC(=O)CNC(=O)[C@H](CC(=O)O)NC(=O)[C@H](CO)NC(=O)CNC(=O)[C@H](C)N)C(N)=O. The van der Waals surface area contributed by atoms with Crippen LogP contribution in [0.4, 0.5) is 0 Å². The number of aliphatic hydroxyl groups is 2. The maximum Gasteiger partial charge on any atom is 0.305 e. The highest BCUT2D eigenvalue weighted by atomic mass is 16.4. The number of nitrogens with two attached hydrogens (primary N) is 4. The first-order valence-corrected chi connectivity index (χ1v) is 28.0. The second kappa shape index (κ2) is 38.5. The number of aromatic hydroxyl groups is 1. The van der Waals surface area contributed by atoms with Gasteiger partial charge in [-0.25, -0.2) is 0 Å². The van der Waals surface area contributed by atoms with E-state index < -0.39 is 171 Å². The predicted molar refractivity (Wildman–Crippen MR) is 315 cm³/mol. The fraction of sp³-hybridized carbons (Fsp3) is 0.527. The molecule has 9 atom stereocenters. The lowest BCUT2D eigenvalue weighted by Crippen LogP contribution is -2.60. The van der Waals surface area contributed by atoms with Gasteiger partial charge in [0, 0.05) is 19.4 Å². The summed E-state index contributed by atoms with van der Waals surface area (Å²) in [6, 6.07) is 0.449. The van der Waals surface area contributed by atoms with Crippen LogP contribution in [0.1, 0.15) is 77.8 Å². The van der Waals surface area contributed by atoms with Crippen molar-refractivity contribution in [3.8, 4) is 5.75 Å². The molecule has 33 heteroatoms. The van der Waals surface area contributed by atoms with E-state index in [4.69, 9.17) is 22.9 Å². The van der Waals surface area contributed by atoms with E-state index in [0.717, 1.165) is 0 Å². The number of hydrogen-bond acceptors (Lipinski definition) is 18. The first-order chi connectivity index (χ1) is 41.4. The van der Waals surface area contributed by atoms with Crippen LogP contribution in [0.25, 0.3) is 0 Å². The van der Waals surface area contributed by atoms with Crippen LogP contribution >= 0.6 is 0 Å². The molecule has 0 saturated heterocycles. The number of guanidine groups is 1. The summed E-state index contributed by atoms with van der Waals surface area (Å²) in [5.74, 6) is -14.0. The number of phenols is 1. The van der Waals surface area contributed by atoms with Crippen LogP contribution in [0.2, 0.25) is 0 Å². The van der Waals surface area contributed by atoms with Crippen molar-refractivity contribution in [1.82, 2.24) is 58.5 Å². The van der Waals surface area contributed by atoms with E-state index in [1.54, 1.807) is 44.2 Å². The van der Waals surface area contributed by atoms with Crippen LogP contribution in [0.3, 0.4) is 0 Å². The van der Waals surface area contributed by atoms with Crippen molar-refractivity contribution in [2.45, 2.75) is 134 Å². The summed E-state index contributed by atoms with van der Waals surface area (Å²) in [4.78, 5) is 175. The number of amides is 12. The molecule has 33 nitrogen and oxygen atoms in total.